The Morgan fingerprint density at radius 1 is 0.420 bits per heavy atom. The molecule has 6 heteroatoms. The van der Waals surface area contributed by atoms with Crippen LogP contribution in [0, 0.1) is 0 Å². The van der Waals surface area contributed by atoms with Crippen molar-refractivity contribution in [3.05, 3.63) is 164 Å². The Bertz CT molecular complexity index is 2840. The second-order valence-corrected chi connectivity index (χ2v) is 12.3. The van der Waals surface area contributed by atoms with Crippen LogP contribution < -0.4 is 0 Å². The highest BCUT2D eigenvalue weighted by atomic mass is 16.3. The Morgan fingerprint density at radius 2 is 0.960 bits per heavy atom. The maximum atomic E-state index is 6.64. The van der Waals surface area contributed by atoms with Gasteiger partial charge in [-0.1, -0.05) is 127 Å². The fraction of sp³-hybridized carbons (Fsp3) is 0. The summed E-state index contributed by atoms with van der Waals surface area (Å²) in [7, 11) is 0. The molecule has 10 aromatic rings. The lowest BCUT2D eigenvalue weighted by atomic mass is 10.0. The summed E-state index contributed by atoms with van der Waals surface area (Å²) in [6.07, 6.45) is 0. The van der Waals surface area contributed by atoms with Crippen molar-refractivity contribution in [1.29, 1.82) is 0 Å². The van der Waals surface area contributed by atoms with Crippen molar-refractivity contribution in [3.8, 4) is 51.3 Å². The first kappa shape index (κ1) is 28.1. The van der Waals surface area contributed by atoms with E-state index in [0.29, 0.717) is 29.1 Å². The number of oxazole rings is 1. The number of fused-ring (bicyclic) bond motifs is 6. The van der Waals surface area contributed by atoms with Crippen molar-refractivity contribution >= 4 is 43.7 Å². The van der Waals surface area contributed by atoms with Crippen LogP contribution >= 0.6 is 0 Å². The molecule has 3 heterocycles. The molecule has 7 aromatic carbocycles. The zero-order chi connectivity index (χ0) is 33.0. The molecule has 0 fully saturated rings. The molecule has 0 spiro atoms. The Kier molecular flexibility index (Phi) is 6.39. The average molecular weight is 642 g/mol. The second kappa shape index (κ2) is 11.4. The zero-order valence-electron chi connectivity index (χ0n) is 26.7. The summed E-state index contributed by atoms with van der Waals surface area (Å²) in [6, 6.07) is 55.9. The van der Waals surface area contributed by atoms with Crippen LogP contribution in [0.5, 0.6) is 0 Å². The van der Waals surface area contributed by atoms with Gasteiger partial charge < -0.3 is 4.42 Å². The Morgan fingerprint density at radius 3 is 1.64 bits per heavy atom. The summed E-state index contributed by atoms with van der Waals surface area (Å²) in [5.41, 5.74) is 8.27. The van der Waals surface area contributed by atoms with Gasteiger partial charge in [-0.25, -0.2) is 9.97 Å². The van der Waals surface area contributed by atoms with Crippen LogP contribution in [0.3, 0.4) is 0 Å². The van der Waals surface area contributed by atoms with Crippen LogP contribution in [0.1, 0.15) is 0 Å². The third-order valence-corrected chi connectivity index (χ3v) is 9.28. The average Bonchev–Trinajstić information content (AvgIpc) is 3.77. The predicted octanol–water partition coefficient (Wildman–Crippen LogP) is 10.9. The van der Waals surface area contributed by atoms with Gasteiger partial charge in [0.1, 0.15) is 11.0 Å². The van der Waals surface area contributed by atoms with E-state index in [1.807, 2.05) is 72.8 Å². The fourth-order valence-electron chi connectivity index (χ4n) is 6.83. The lowest BCUT2D eigenvalue weighted by molar-refractivity contribution is 0.621. The maximum absolute atomic E-state index is 6.64. The van der Waals surface area contributed by atoms with E-state index >= 15 is 0 Å². The Balaban J connectivity index is 1.27. The molecule has 0 radical (unpaired) electrons. The van der Waals surface area contributed by atoms with Gasteiger partial charge in [0.25, 0.3) is 0 Å². The minimum absolute atomic E-state index is 0.501. The van der Waals surface area contributed by atoms with E-state index in [0.717, 1.165) is 65.9 Å². The highest BCUT2D eigenvalue weighted by molar-refractivity contribution is 6.19. The molecule has 0 aliphatic heterocycles. The largest absolute Gasteiger partial charge is 0.434 e. The van der Waals surface area contributed by atoms with E-state index < -0.39 is 0 Å². The van der Waals surface area contributed by atoms with Gasteiger partial charge in [0.05, 0.1) is 5.52 Å². The SMILES string of the molecule is c1ccc(-c2ccc(-c3nc(-c4ccccc4)nc(-n4c5cc6ccccc6cc5c5ccc6nc(-c7ccccc7)oc6c54)n3)cc2)cc1. The molecule has 234 valence electrons. The van der Waals surface area contributed by atoms with Gasteiger partial charge in [-0.2, -0.15) is 9.97 Å². The molecular formula is C44H27N5O. The van der Waals surface area contributed by atoms with Crippen LogP contribution in [-0.4, -0.2) is 24.5 Å². The summed E-state index contributed by atoms with van der Waals surface area (Å²) in [5, 5.41) is 4.39. The van der Waals surface area contributed by atoms with Crippen molar-refractivity contribution in [2.45, 2.75) is 0 Å². The third-order valence-electron chi connectivity index (χ3n) is 9.28. The third kappa shape index (κ3) is 4.65. The van der Waals surface area contributed by atoms with Crippen molar-refractivity contribution in [2.24, 2.45) is 0 Å². The first-order valence-corrected chi connectivity index (χ1v) is 16.6. The minimum atomic E-state index is 0.501. The summed E-state index contributed by atoms with van der Waals surface area (Å²) in [5.74, 6) is 2.23. The van der Waals surface area contributed by atoms with Crippen LogP contribution in [-0.2, 0) is 0 Å². The number of nitrogens with zero attached hydrogens (tertiary/aromatic N) is 5. The van der Waals surface area contributed by atoms with Crippen molar-refractivity contribution in [2.75, 3.05) is 0 Å². The number of aromatic nitrogens is 5. The van der Waals surface area contributed by atoms with Crippen LogP contribution in [0.25, 0.3) is 95.0 Å². The molecule has 0 saturated carbocycles. The normalized spacial score (nSPS) is 11.6. The van der Waals surface area contributed by atoms with E-state index in [1.165, 1.54) is 0 Å². The van der Waals surface area contributed by atoms with Gasteiger partial charge in [0.15, 0.2) is 17.2 Å². The lowest BCUT2D eigenvalue weighted by Gasteiger charge is -2.11. The second-order valence-electron chi connectivity index (χ2n) is 12.3. The van der Waals surface area contributed by atoms with Gasteiger partial charge >= 0.3 is 0 Å². The lowest BCUT2D eigenvalue weighted by Crippen LogP contribution is -2.06. The first-order valence-electron chi connectivity index (χ1n) is 16.6. The van der Waals surface area contributed by atoms with Gasteiger partial charge in [0.2, 0.25) is 11.8 Å². The van der Waals surface area contributed by atoms with E-state index in [1.54, 1.807) is 0 Å². The molecule has 0 bridgehead atoms. The molecule has 50 heavy (non-hydrogen) atoms. The molecule has 0 N–H and O–H groups in total. The van der Waals surface area contributed by atoms with Gasteiger partial charge in [-0.05, 0) is 58.3 Å². The molecule has 0 amide bonds. The molecule has 0 aliphatic carbocycles. The Hall–Kier alpha value is -6.92. The van der Waals surface area contributed by atoms with Gasteiger partial charge in [-0.15, -0.1) is 0 Å². The van der Waals surface area contributed by atoms with E-state index in [4.69, 9.17) is 24.4 Å². The quantitative estimate of drug-likeness (QED) is 0.187. The number of hydrogen-bond acceptors (Lipinski definition) is 5. The molecule has 6 nitrogen and oxygen atoms in total. The summed E-state index contributed by atoms with van der Waals surface area (Å²) >= 11 is 0. The van der Waals surface area contributed by atoms with E-state index in [-0.39, 0.29) is 0 Å². The molecule has 0 aliphatic rings. The molecule has 3 aromatic heterocycles. The highest BCUT2D eigenvalue weighted by Gasteiger charge is 2.23. The smallest absolute Gasteiger partial charge is 0.238 e. The standard InChI is InChI=1S/C44H27N5O/c1-4-12-28(13-5-1)29-20-22-31(23-21-29)42-46-41(30-14-6-2-7-15-30)47-44(48-42)49-38-27-34-19-11-10-18-33(34)26-36(38)35-24-25-37-40(39(35)49)50-43(45-37)32-16-8-3-9-17-32/h1-27H. The fourth-order valence-corrected chi connectivity index (χ4v) is 6.83. The maximum Gasteiger partial charge on any atom is 0.238 e. The first-order chi connectivity index (χ1) is 24.8. The van der Waals surface area contributed by atoms with Crippen LogP contribution in [0.15, 0.2) is 168 Å². The number of benzene rings is 7. The minimum Gasteiger partial charge on any atom is -0.434 e. The predicted molar refractivity (Wildman–Crippen MR) is 201 cm³/mol. The molecule has 0 atom stereocenters. The van der Waals surface area contributed by atoms with Gasteiger partial charge in [-0.3, -0.25) is 4.57 Å². The summed E-state index contributed by atoms with van der Waals surface area (Å²) < 4.78 is 8.76. The highest BCUT2D eigenvalue weighted by Crippen LogP contribution is 2.39. The van der Waals surface area contributed by atoms with Crippen LogP contribution in [0.2, 0.25) is 0 Å². The summed E-state index contributed by atoms with van der Waals surface area (Å²) in [4.78, 5) is 20.3. The van der Waals surface area contributed by atoms with E-state index in [2.05, 4.69) is 95.6 Å². The molecule has 0 unspecified atom stereocenters. The van der Waals surface area contributed by atoms with Crippen molar-refractivity contribution in [3.63, 3.8) is 0 Å². The molecule has 10 rings (SSSR count). The molecule has 0 saturated heterocycles. The zero-order valence-corrected chi connectivity index (χ0v) is 26.7. The topological polar surface area (TPSA) is 69.6 Å². The van der Waals surface area contributed by atoms with Crippen LogP contribution in [0.4, 0.5) is 0 Å². The number of rotatable bonds is 5. The van der Waals surface area contributed by atoms with Gasteiger partial charge in [0, 0.05) is 27.5 Å². The summed E-state index contributed by atoms with van der Waals surface area (Å²) in [6.45, 7) is 0. The van der Waals surface area contributed by atoms with Crippen molar-refractivity contribution in [1.82, 2.24) is 24.5 Å². The Labute approximate surface area is 287 Å². The van der Waals surface area contributed by atoms with Crippen molar-refractivity contribution < 1.29 is 4.42 Å². The molecular weight excluding hydrogens is 615 g/mol. The van der Waals surface area contributed by atoms with E-state index in [9.17, 15) is 0 Å². The monoisotopic (exact) mass is 641 g/mol. The number of hydrogen-bond donors (Lipinski definition) is 0.